The van der Waals surface area contributed by atoms with Crippen molar-refractivity contribution >= 4 is 5.91 Å². The lowest BCUT2D eigenvalue weighted by Gasteiger charge is -2.17. The first-order chi connectivity index (χ1) is 12.5. The van der Waals surface area contributed by atoms with Crippen molar-refractivity contribution in [1.29, 1.82) is 0 Å². The summed E-state index contributed by atoms with van der Waals surface area (Å²) in [5, 5.41) is 10.9. The van der Waals surface area contributed by atoms with Gasteiger partial charge in [0.15, 0.2) is 0 Å². The van der Waals surface area contributed by atoms with Crippen molar-refractivity contribution in [3.63, 3.8) is 0 Å². The molecule has 6 heteroatoms. The van der Waals surface area contributed by atoms with E-state index < -0.39 is 0 Å². The van der Waals surface area contributed by atoms with Crippen molar-refractivity contribution in [3.8, 4) is 5.75 Å². The first-order valence-corrected chi connectivity index (χ1v) is 9.27. The molecule has 0 spiro atoms. The molecule has 0 fully saturated rings. The van der Waals surface area contributed by atoms with Gasteiger partial charge in [0.05, 0.1) is 24.0 Å². The van der Waals surface area contributed by atoms with Crippen LogP contribution in [0.1, 0.15) is 35.9 Å². The standard InChI is InChI=1S/C20H28N4O2/c1-14-5-4-6-15(2)20(14)26-13-16(3)22-19(25)8-7-17-11-18-12-21-9-10-24(18)23-17/h4-6,11,16,21H,7-10,12-13H2,1-3H3,(H,22,25). The Kier molecular flexibility index (Phi) is 5.93. The number of amides is 1. The van der Waals surface area contributed by atoms with Crippen molar-refractivity contribution < 1.29 is 9.53 Å². The van der Waals surface area contributed by atoms with Crippen molar-refractivity contribution in [3.05, 3.63) is 46.8 Å². The van der Waals surface area contributed by atoms with E-state index >= 15 is 0 Å². The van der Waals surface area contributed by atoms with E-state index in [1.54, 1.807) is 0 Å². The van der Waals surface area contributed by atoms with Crippen molar-refractivity contribution in [2.24, 2.45) is 0 Å². The van der Waals surface area contributed by atoms with E-state index in [0.29, 0.717) is 19.4 Å². The van der Waals surface area contributed by atoms with Crippen molar-refractivity contribution in [2.75, 3.05) is 13.2 Å². The van der Waals surface area contributed by atoms with Crippen LogP contribution in [0.4, 0.5) is 0 Å². The van der Waals surface area contributed by atoms with Gasteiger partial charge < -0.3 is 15.4 Å². The third-order valence-electron chi connectivity index (χ3n) is 4.62. The van der Waals surface area contributed by atoms with Gasteiger partial charge in [0.1, 0.15) is 12.4 Å². The summed E-state index contributed by atoms with van der Waals surface area (Å²) < 4.78 is 7.94. The fraction of sp³-hybridized carbons (Fsp3) is 0.500. The zero-order valence-corrected chi connectivity index (χ0v) is 15.8. The number of aromatic nitrogens is 2. The van der Waals surface area contributed by atoms with Gasteiger partial charge in [-0.15, -0.1) is 0 Å². The minimum atomic E-state index is -0.0408. The molecule has 2 N–H and O–H groups in total. The molecule has 140 valence electrons. The number of para-hydroxylation sites is 1. The van der Waals surface area contributed by atoms with Crippen LogP contribution in [-0.4, -0.2) is 34.9 Å². The Bertz CT molecular complexity index is 725. The van der Waals surface area contributed by atoms with E-state index in [1.165, 1.54) is 5.69 Å². The summed E-state index contributed by atoms with van der Waals surface area (Å²) in [4.78, 5) is 12.2. The average molecular weight is 356 g/mol. The minimum absolute atomic E-state index is 0.0340. The van der Waals surface area contributed by atoms with Crippen LogP contribution in [0.3, 0.4) is 0 Å². The summed E-state index contributed by atoms with van der Waals surface area (Å²) in [5.41, 5.74) is 4.41. The summed E-state index contributed by atoms with van der Waals surface area (Å²) in [7, 11) is 0. The molecule has 0 saturated heterocycles. The number of nitrogens with one attached hydrogen (secondary N) is 2. The molecule has 0 aliphatic carbocycles. The number of fused-ring (bicyclic) bond motifs is 1. The first-order valence-electron chi connectivity index (χ1n) is 9.27. The normalized spacial score (nSPS) is 14.6. The maximum atomic E-state index is 12.2. The van der Waals surface area contributed by atoms with Gasteiger partial charge in [0, 0.05) is 25.9 Å². The van der Waals surface area contributed by atoms with Crippen LogP contribution in [0.15, 0.2) is 24.3 Å². The Morgan fingerprint density at radius 3 is 2.88 bits per heavy atom. The lowest BCUT2D eigenvalue weighted by molar-refractivity contribution is -0.121. The molecule has 1 aromatic carbocycles. The van der Waals surface area contributed by atoms with E-state index in [-0.39, 0.29) is 11.9 Å². The molecule has 2 aromatic rings. The molecule has 0 radical (unpaired) electrons. The third kappa shape index (κ3) is 4.64. The van der Waals surface area contributed by atoms with E-state index in [4.69, 9.17) is 4.74 Å². The summed E-state index contributed by atoms with van der Waals surface area (Å²) in [6, 6.07) is 8.14. The number of benzene rings is 1. The van der Waals surface area contributed by atoms with Crippen LogP contribution in [0, 0.1) is 13.8 Å². The molecule has 1 aromatic heterocycles. The summed E-state index contributed by atoms with van der Waals surface area (Å²) in [5.74, 6) is 0.942. The molecule has 1 aliphatic heterocycles. The van der Waals surface area contributed by atoms with Crippen LogP contribution < -0.4 is 15.4 Å². The van der Waals surface area contributed by atoms with Crippen LogP contribution in [0.25, 0.3) is 0 Å². The zero-order valence-electron chi connectivity index (χ0n) is 15.8. The molecule has 3 rings (SSSR count). The van der Waals surface area contributed by atoms with Gasteiger partial charge in [-0.05, 0) is 38.0 Å². The van der Waals surface area contributed by atoms with Crippen LogP contribution in [-0.2, 0) is 24.3 Å². The van der Waals surface area contributed by atoms with Gasteiger partial charge in [-0.2, -0.15) is 5.10 Å². The molecule has 1 aliphatic rings. The fourth-order valence-corrected chi connectivity index (χ4v) is 3.24. The van der Waals surface area contributed by atoms with Gasteiger partial charge in [0.2, 0.25) is 5.91 Å². The molecule has 26 heavy (non-hydrogen) atoms. The first kappa shape index (κ1) is 18.5. The highest BCUT2D eigenvalue weighted by atomic mass is 16.5. The number of hydrogen-bond donors (Lipinski definition) is 2. The maximum absolute atomic E-state index is 12.2. The molecular formula is C20H28N4O2. The third-order valence-corrected chi connectivity index (χ3v) is 4.62. The highest BCUT2D eigenvalue weighted by Crippen LogP contribution is 2.22. The van der Waals surface area contributed by atoms with Crippen LogP contribution in [0.5, 0.6) is 5.75 Å². The molecule has 6 nitrogen and oxygen atoms in total. The van der Waals surface area contributed by atoms with Gasteiger partial charge in [-0.25, -0.2) is 0 Å². The Morgan fingerprint density at radius 2 is 2.15 bits per heavy atom. The lowest BCUT2D eigenvalue weighted by Crippen LogP contribution is -2.37. The molecule has 1 unspecified atom stereocenters. The number of hydrogen-bond acceptors (Lipinski definition) is 4. The maximum Gasteiger partial charge on any atom is 0.220 e. The Hall–Kier alpha value is -2.34. The van der Waals surface area contributed by atoms with Gasteiger partial charge in [-0.1, -0.05) is 18.2 Å². The Balaban J connectivity index is 1.43. The summed E-state index contributed by atoms with van der Waals surface area (Å²) in [6.45, 7) is 9.19. The van der Waals surface area contributed by atoms with E-state index in [0.717, 1.165) is 42.2 Å². The largest absolute Gasteiger partial charge is 0.491 e. The van der Waals surface area contributed by atoms with E-state index in [2.05, 4.69) is 21.8 Å². The van der Waals surface area contributed by atoms with Crippen LogP contribution in [0.2, 0.25) is 0 Å². The van der Waals surface area contributed by atoms with E-state index in [9.17, 15) is 4.79 Å². The Morgan fingerprint density at radius 1 is 1.38 bits per heavy atom. The number of ether oxygens (including phenoxy) is 1. The Labute approximate surface area is 154 Å². The van der Waals surface area contributed by atoms with Crippen molar-refractivity contribution in [1.82, 2.24) is 20.4 Å². The lowest BCUT2D eigenvalue weighted by atomic mass is 10.1. The highest BCUT2D eigenvalue weighted by Gasteiger charge is 2.14. The second-order valence-corrected chi connectivity index (χ2v) is 7.03. The molecule has 1 atom stereocenters. The minimum Gasteiger partial charge on any atom is -0.491 e. The zero-order chi connectivity index (χ0) is 18.5. The SMILES string of the molecule is Cc1cccc(C)c1OCC(C)NC(=O)CCc1cc2n(n1)CCNC2. The average Bonchev–Trinajstić information content (AvgIpc) is 3.02. The van der Waals surface area contributed by atoms with Gasteiger partial charge in [-0.3, -0.25) is 9.48 Å². The molecule has 0 bridgehead atoms. The number of rotatable bonds is 7. The highest BCUT2D eigenvalue weighted by molar-refractivity contribution is 5.76. The fourth-order valence-electron chi connectivity index (χ4n) is 3.24. The molecule has 0 saturated carbocycles. The number of nitrogens with zero attached hydrogens (tertiary/aromatic N) is 2. The number of aryl methyl sites for hydroxylation is 3. The molecule has 1 amide bonds. The number of carbonyl (C=O) groups excluding carboxylic acids is 1. The second-order valence-electron chi connectivity index (χ2n) is 7.03. The predicted octanol–water partition coefficient (Wildman–Crippen LogP) is 2.12. The van der Waals surface area contributed by atoms with Crippen LogP contribution >= 0.6 is 0 Å². The topological polar surface area (TPSA) is 68.2 Å². The molecule has 2 heterocycles. The van der Waals surface area contributed by atoms with Gasteiger partial charge in [0.25, 0.3) is 0 Å². The van der Waals surface area contributed by atoms with Gasteiger partial charge >= 0.3 is 0 Å². The molecular weight excluding hydrogens is 328 g/mol. The summed E-state index contributed by atoms with van der Waals surface area (Å²) in [6.07, 6.45) is 1.11. The predicted molar refractivity (Wildman–Crippen MR) is 101 cm³/mol. The van der Waals surface area contributed by atoms with Crippen molar-refractivity contribution in [2.45, 2.75) is 52.7 Å². The summed E-state index contributed by atoms with van der Waals surface area (Å²) >= 11 is 0. The monoisotopic (exact) mass is 356 g/mol. The second kappa shape index (κ2) is 8.36. The van der Waals surface area contributed by atoms with E-state index in [1.807, 2.05) is 43.7 Å². The number of carbonyl (C=O) groups is 1. The smallest absolute Gasteiger partial charge is 0.220 e. The quantitative estimate of drug-likeness (QED) is 0.797.